The molecule has 0 amide bonds. The minimum atomic E-state index is 0.0521. The van der Waals surface area contributed by atoms with Crippen LogP contribution in [0.15, 0.2) is 22.7 Å². The Kier molecular flexibility index (Phi) is 7.88. The van der Waals surface area contributed by atoms with Crippen molar-refractivity contribution < 1.29 is 4.74 Å². The van der Waals surface area contributed by atoms with Gasteiger partial charge in [-0.3, -0.25) is 0 Å². The van der Waals surface area contributed by atoms with Gasteiger partial charge in [0.2, 0.25) is 0 Å². The molecule has 1 rings (SSSR count). The maximum Gasteiger partial charge on any atom is 0.0728 e. The Balaban J connectivity index is 2.49. The molecule has 120 valence electrons. The van der Waals surface area contributed by atoms with E-state index in [1.54, 1.807) is 0 Å². The normalized spacial score (nSPS) is 12.1. The first kappa shape index (κ1) is 18.6. The van der Waals surface area contributed by atoms with Crippen LogP contribution in [0.1, 0.15) is 38.3 Å². The smallest absolute Gasteiger partial charge is 0.0728 e. The van der Waals surface area contributed by atoms with Gasteiger partial charge < -0.3 is 15.0 Å². The van der Waals surface area contributed by atoms with Gasteiger partial charge >= 0.3 is 0 Å². The minimum Gasteiger partial charge on any atom is -0.375 e. The number of hydrogen-bond acceptors (Lipinski definition) is 3. The lowest BCUT2D eigenvalue weighted by Crippen LogP contribution is -2.42. The zero-order valence-electron chi connectivity index (χ0n) is 14.0. The van der Waals surface area contributed by atoms with Crippen LogP contribution in [0.3, 0.4) is 0 Å². The topological polar surface area (TPSA) is 24.5 Å². The standard InChI is InChI=1S/C17H29BrN2O/c1-6-9-19-11-14-7-8-15(16(18)10-14)12-21-13-17(2,3)20(4)5/h7-8,10,19H,6,9,11-13H2,1-5H3. The third-order valence-corrected chi connectivity index (χ3v) is 4.54. The summed E-state index contributed by atoms with van der Waals surface area (Å²) in [5, 5.41) is 3.42. The van der Waals surface area contributed by atoms with E-state index >= 15 is 0 Å². The molecule has 1 aromatic carbocycles. The number of ether oxygens (including phenoxy) is 1. The van der Waals surface area contributed by atoms with Crippen molar-refractivity contribution in [2.24, 2.45) is 0 Å². The zero-order valence-corrected chi connectivity index (χ0v) is 15.6. The van der Waals surface area contributed by atoms with Crippen LogP contribution in [0.2, 0.25) is 0 Å². The van der Waals surface area contributed by atoms with E-state index in [9.17, 15) is 0 Å². The Morgan fingerprint density at radius 2 is 2.00 bits per heavy atom. The second-order valence-corrected chi connectivity index (χ2v) is 7.16. The van der Waals surface area contributed by atoms with E-state index in [0.29, 0.717) is 13.2 Å². The third kappa shape index (κ3) is 6.47. The largest absolute Gasteiger partial charge is 0.375 e. The summed E-state index contributed by atoms with van der Waals surface area (Å²) in [5.41, 5.74) is 2.55. The van der Waals surface area contributed by atoms with E-state index in [4.69, 9.17) is 4.74 Å². The fraction of sp³-hybridized carbons (Fsp3) is 0.647. The van der Waals surface area contributed by atoms with Gasteiger partial charge in [0.15, 0.2) is 0 Å². The molecule has 0 atom stereocenters. The maximum absolute atomic E-state index is 5.88. The van der Waals surface area contributed by atoms with Crippen molar-refractivity contribution in [1.29, 1.82) is 0 Å². The molecule has 1 N–H and O–H groups in total. The van der Waals surface area contributed by atoms with Crippen molar-refractivity contribution in [3.63, 3.8) is 0 Å². The molecular weight excluding hydrogens is 328 g/mol. The molecular formula is C17H29BrN2O. The average molecular weight is 357 g/mol. The highest BCUT2D eigenvalue weighted by atomic mass is 79.9. The average Bonchev–Trinajstić information content (AvgIpc) is 2.41. The lowest BCUT2D eigenvalue weighted by atomic mass is 10.1. The molecule has 3 nitrogen and oxygen atoms in total. The first-order valence-electron chi connectivity index (χ1n) is 7.60. The molecule has 0 saturated heterocycles. The van der Waals surface area contributed by atoms with E-state index < -0.39 is 0 Å². The lowest BCUT2D eigenvalue weighted by Gasteiger charge is -2.32. The van der Waals surface area contributed by atoms with Gasteiger partial charge in [-0.2, -0.15) is 0 Å². The van der Waals surface area contributed by atoms with Gasteiger partial charge in [-0.25, -0.2) is 0 Å². The van der Waals surface area contributed by atoms with E-state index in [2.05, 4.69) is 79.2 Å². The Bertz CT molecular complexity index is 433. The lowest BCUT2D eigenvalue weighted by molar-refractivity contribution is 0.0272. The van der Waals surface area contributed by atoms with E-state index in [1.165, 1.54) is 11.1 Å². The number of benzene rings is 1. The van der Waals surface area contributed by atoms with Crippen molar-refractivity contribution in [3.05, 3.63) is 33.8 Å². The Labute approximate surface area is 138 Å². The molecule has 0 saturated carbocycles. The number of rotatable bonds is 9. The van der Waals surface area contributed by atoms with Crippen molar-refractivity contribution in [2.75, 3.05) is 27.2 Å². The molecule has 0 aliphatic rings. The SMILES string of the molecule is CCCNCc1ccc(COCC(C)(C)N(C)C)c(Br)c1. The molecule has 0 spiro atoms. The monoisotopic (exact) mass is 356 g/mol. The predicted octanol–water partition coefficient (Wildman–Crippen LogP) is 3.81. The fourth-order valence-electron chi connectivity index (χ4n) is 1.77. The predicted molar refractivity (Wildman–Crippen MR) is 93.6 cm³/mol. The Morgan fingerprint density at radius 1 is 1.29 bits per heavy atom. The van der Waals surface area contributed by atoms with Crippen molar-refractivity contribution in [2.45, 2.75) is 45.9 Å². The quantitative estimate of drug-likeness (QED) is 0.681. The van der Waals surface area contributed by atoms with Gasteiger partial charge in [-0.15, -0.1) is 0 Å². The number of hydrogen-bond donors (Lipinski definition) is 1. The molecule has 0 unspecified atom stereocenters. The summed E-state index contributed by atoms with van der Waals surface area (Å²) in [6, 6.07) is 6.50. The van der Waals surface area contributed by atoms with Crippen LogP contribution in [0.5, 0.6) is 0 Å². The first-order chi connectivity index (χ1) is 9.86. The summed E-state index contributed by atoms with van der Waals surface area (Å²) in [5.74, 6) is 0. The summed E-state index contributed by atoms with van der Waals surface area (Å²) in [7, 11) is 4.16. The molecule has 0 aliphatic heterocycles. The van der Waals surface area contributed by atoms with Crippen molar-refractivity contribution in [3.8, 4) is 0 Å². The van der Waals surface area contributed by atoms with Gasteiger partial charge in [0, 0.05) is 16.6 Å². The van der Waals surface area contributed by atoms with Gasteiger partial charge in [0.25, 0.3) is 0 Å². The summed E-state index contributed by atoms with van der Waals surface area (Å²) >= 11 is 3.65. The molecule has 21 heavy (non-hydrogen) atoms. The van der Waals surface area contributed by atoms with Crippen LogP contribution >= 0.6 is 15.9 Å². The molecule has 1 aromatic rings. The first-order valence-corrected chi connectivity index (χ1v) is 8.39. The van der Waals surface area contributed by atoms with Crippen LogP contribution in [0.4, 0.5) is 0 Å². The van der Waals surface area contributed by atoms with Crippen LogP contribution < -0.4 is 5.32 Å². The van der Waals surface area contributed by atoms with E-state index in [0.717, 1.165) is 24.0 Å². The highest BCUT2D eigenvalue weighted by Gasteiger charge is 2.20. The van der Waals surface area contributed by atoms with Crippen molar-refractivity contribution >= 4 is 15.9 Å². The minimum absolute atomic E-state index is 0.0521. The summed E-state index contributed by atoms with van der Waals surface area (Å²) in [6.45, 7) is 9.88. The summed E-state index contributed by atoms with van der Waals surface area (Å²) < 4.78 is 7.00. The number of nitrogens with zero attached hydrogens (tertiary/aromatic N) is 1. The third-order valence-electron chi connectivity index (χ3n) is 3.80. The van der Waals surface area contributed by atoms with Gasteiger partial charge in [0.05, 0.1) is 13.2 Å². The van der Waals surface area contributed by atoms with Gasteiger partial charge in [-0.1, -0.05) is 35.0 Å². The maximum atomic E-state index is 5.88. The molecule has 4 heteroatoms. The Morgan fingerprint density at radius 3 is 2.57 bits per heavy atom. The molecule has 0 radical (unpaired) electrons. The van der Waals surface area contributed by atoms with Crippen LogP contribution in [-0.4, -0.2) is 37.7 Å². The van der Waals surface area contributed by atoms with Crippen LogP contribution in [-0.2, 0) is 17.9 Å². The number of likely N-dealkylation sites (N-methyl/N-ethyl adjacent to an activating group) is 1. The highest BCUT2D eigenvalue weighted by molar-refractivity contribution is 9.10. The highest BCUT2D eigenvalue weighted by Crippen LogP contribution is 2.20. The molecule has 0 aromatic heterocycles. The van der Waals surface area contributed by atoms with Crippen LogP contribution in [0, 0.1) is 0 Å². The van der Waals surface area contributed by atoms with Gasteiger partial charge in [-0.05, 0) is 58.1 Å². The molecule has 0 heterocycles. The number of halogens is 1. The second kappa shape index (κ2) is 8.89. The second-order valence-electron chi connectivity index (χ2n) is 6.30. The van der Waals surface area contributed by atoms with E-state index in [-0.39, 0.29) is 5.54 Å². The van der Waals surface area contributed by atoms with Crippen molar-refractivity contribution in [1.82, 2.24) is 10.2 Å². The van der Waals surface area contributed by atoms with E-state index in [1.807, 2.05) is 0 Å². The fourth-order valence-corrected chi connectivity index (χ4v) is 2.31. The molecule has 0 fully saturated rings. The number of nitrogens with one attached hydrogen (secondary N) is 1. The zero-order chi connectivity index (χ0) is 15.9. The summed E-state index contributed by atoms with van der Waals surface area (Å²) in [4.78, 5) is 2.19. The Hall–Kier alpha value is -0.420. The molecule has 0 bridgehead atoms. The van der Waals surface area contributed by atoms with Gasteiger partial charge in [0.1, 0.15) is 0 Å². The summed E-state index contributed by atoms with van der Waals surface area (Å²) in [6.07, 6.45) is 1.16. The molecule has 0 aliphatic carbocycles. The van der Waals surface area contributed by atoms with Crippen LogP contribution in [0.25, 0.3) is 0 Å².